The summed E-state index contributed by atoms with van der Waals surface area (Å²) in [4.78, 5) is 47.4. The normalized spacial score (nSPS) is 33.3. The summed E-state index contributed by atoms with van der Waals surface area (Å²) in [5.74, 6) is -1.90. The maximum absolute atomic E-state index is 14.3. The van der Waals surface area contributed by atoms with Crippen molar-refractivity contribution in [1.82, 2.24) is 15.1 Å². The molecule has 2 N–H and O–H groups in total. The summed E-state index contributed by atoms with van der Waals surface area (Å²) in [6.07, 6.45) is 15.3. The van der Waals surface area contributed by atoms with Gasteiger partial charge in [0.25, 0.3) is 0 Å². The summed E-state index contributed by atoms with van der Waals surface area (Å²) in [5.41, 5.74) is -0.414. The van der Waals surface area contributed by atoms with Crippen molar-refractivity contribution in [2.24, 2.45) is 11.8 Å². The third kappa shape index (κ3) is 5.34. The highest BCUT2D eigenvalue weighted by Gasteiger charge is 2.72. The second-order valence-electron chi connectivity index (χ2n) is 12.4. The van der Waals surface area contributed by atoms with Crippen molar-refractivity contribution in [3.8, 4) is 0 Å². The van der Waals surface area contributed by atoms with Crippen molar-refractivity contribution >= 4 is 35.2 Å². The van der Waals surface area contributed by atoms with Crippen LogP contribution < -0.4 is 10.6 Å². The zero-order valence-corrected chi connectivity index (χ0v) is 25.2. The number of likely N-dealkylation sites (tertiary alicyclic amines) is 2. The lowest BCUT2D eigenvalue weighted by Gasteiger charge is -2.38. The van der Waals surface area contributed by atoms with Gasteiger partial charge in [-0.3, -0.25) is 19.3 Å². The van der Waals surface area contributed by atoms with E-state index in [2.05, 4.69) is 22.5 Å². The second kappa shape index (κ2) is 12.1. The van der Waals surface area contributed by atoms with E-state index in [0.717, 1.165) is 56.5 Å². The van der Waals surface area contributed by atoms with Gasteiger partial charge in [-0.15, -0.1) is 11.8 Å². The molecule has 1 aromatic carbocycles. The molecule has 4 aliphatic heterocycles. The molecule has 1 aromatic rings. The van der Waals surface area contributed by atoms with Crippen LogP contribution in [0.4, 0.5) is 5.69 Å². The Bertz CT molecular complexity index is 1190. The highest BCUT2D eigenvalue weighted by molar-refractivity contribution is 7.98. The van der Waals surface area contributed by atoms with Crippen molar-refractivity contribution in [3.05, 3.63) is 36.4 Å². The molecule has 6 rings (SSSR count). The fourth-order valence-electron chi connectivity index (χ4n) is 8.01. The van der Waals surface area contributed by atoms with Crippen LogP contribution in [0.15, 0.2) is 41.3 Å². The van der Waals surface area contributed by atoms with E-state index >= 15 is 0 Å². The summed E-state index contributed by atoms with van der Waals surface area (Å²) < 4.78 is 6.54. The molecule has 1 spiro atoms. The molecule has 4 fully saturated rings. The number of anilines is 1. The number of hydrogen-bond donors (Lipinski definition) is 2. The van der Waals surface area contributed by atoms with Crippen LogP contribution in [0, 0.1) is 11.8 Å². The first-order valence-corrected chi connectivity index (χ1v) is 16.8. The largest absolute Gasteiger partial charge is 0.359 e. The highest BCUT2D eigenvalue weighted by Crippen LogP contribution is 2.55. The van der Waals surface area contributed by atoms with Gasteiger partial charge in [0.05, 0.1) is 17.9 Å². The molecule has 2 bridgehead atoms. The van der Waals surface area contributed by atoms with E-state index in [-0.39, 0.29) is 23.8 Å². The molecular weight excluding hydrogens is 536 g/mol. The summed E-state index contributed by atoms with van der Waals surface area (Å²) in [7, 11) is 0. The Balaban J connectivity index is 1.27. The lowest BCUT2D eigenvalue weighted by atomic mass is 9.74. The van der Waals surface area contributed by atoms with Crippen molar-refractivity contribution in [2.45, 2.75) is 99.4 Å². The topological polar surface area (TPSA) is 91.0 Å². The minimum absolute atomic E-state index is 0.126. The number of ether oxygens (including phenoxy) is 1. The monoisotopic (exact) mass is 580 g/mol. The Morgan fingerprint density at radius 1 is 1.07 bits per heavy atom. The third-order valence-corrected chi connectivity index (χ3v) is 10.8. The third-order valence-electron chi connectivity index (χ3n) is 10.1. The summed E-state index contributed by atoms with van der Waals surface area (Å²) in [6, 6.07) is 7.58. The van der Waals surface area contributed by atoms with Crippen LogP contribution in [-0.4, -0.2) is 83.2 Å². The van der Waals surface area contributed by atoms with Gasteiger partial charge in [0.2, 0.25) is 17.7 Å². The van der Waals surface area contributed by atoms with E-state index in [0.29, 0.717) is 18.3 Å². The predicted molar refractivity (Wildman–Crippen MR) is 161 cm³/mol. The van der Waals surface area contributed by atoms with Crippen molar-refractivity contribution in [3.63, 3.8) is 0 Å². The van der Waals surface area contributed by atoms with Gasteiger partial charge >= 0.3 is 0 Å². The maximum atomic E-state index is 14.3. The number of carbonyl (C=O) groups excluding carboxylic acids is 3. The minimum atomic E-state index is -1.12. The van der Waals surface area contributed by atoms with E-state index in [1.54, 1.807) is 16.7 Å². The molecule has 222 valence electrons. The van der Waals surface area contributed by atoms with Gasteiger partial charge in [0.1, 0.15) is 11.6 Å². The molecule has 0 aromatic heterocycles. The van der Waals surface area contributed by atoms with Crippen LogP contribution in [0.1, 0.15) is 64.7 Å². The number of rotatable bonds is 9. The minimum Gasteiger partial charge on any atom is -0.359 e. The molecule has 0 unspecified atom stereocenters. The lowest BCUT2D eigenvalue weighted by molar-refractivity contribution is -0.141. The Morgan fingerprint density at radius 2 is 1.88 bits per heavy atom. The predicted octanol–water partition coefficient (Wildman–Crippen LogP) is 4.21. The van der Waals surface area contributed by atoms with Crippen LogP contribution in [0.5, 0.6) is 0 Å². The molecule has 0 radical (unpaired) electrons. The number of nitrogens with one attached hydrogen (secondary N) is 2. The van der Waals surface area contributed by atoms with E-state index in [9.17, 15) is 14.4 Å². The molecular formula is C32H44N4O4S. The summed E-state index contributed by atoms with van der Waals surface area (Å²) in [6.45, 7) is 4.43. The van der Waals surface area contributed by atoms with E-state index < -0.39 is 29.6 Å². The zero-order valence-electron chi connectivity index (χ0n) is 24.3. The Labute approximate surface area is 248 Å². The van der Waals surface area contributed by atoms with E-state index in [4.69, 9.17) is 4.74 Å². The molecule has 1 aliphatic carbocycles. The molecule has 1 saturated carbocycles. The molecule has 41 heavy (non-hydrogen) atoms. The molecule has 4 heterocycles. The number of piperidine rings is 1. The highest BCUT2D eigenvalue weighted by atomic mass is 32.2. The summed E-state index contributed by atoms with van der Waals surface area (Å²) >= 11 is 1.61. The van der Waals surface area contributed by atoms with Crippen molar-refractivity contribution in [2.75, 3.05) is 31.2 Å². The molecule has 3 saturated heterocycles. The SMILES string of the molecule is CC[C@@H]1CCCCN1CCN1C(=O)[C@H]2[C@H](C(=O)Nc3cccc(SC)c3)[C@H]3C=C[C@@]2(O3)[C@@H]1C(=O)NC1CCCCC1. The van der Waals surface area contributed by atoms with Gasteiger partial charge in [-0.05, 0) is 63.1 Å². The van der Waals surface area contributed by atoms with E-state index in [1.807, 2.05) is 42.7 Å². The number of nitrogens with zero attached hydrogens (tertiary/aromatic N) is 2. The molecule has 8 nitrogen and oxygen atoms in total. The standard InChI is InChI=1S/C32H44N4O4S/c1-3-23-13-7-8-17-35(23)18-19-36-28(30(38)33-21-10-5-4-6-11-21)32-16-15-25(40-32)26(27(32)31(36)39)29(37)34-22-12-9-14-24(20-22)41-2/h9,12,14-16,20-21,23,25-28H,3-8,10-11,13,17-19H2,1-2H3,(H,33,38)(H,34,37)/t23-,25-,26-,27-,28+,32+/m1/s1. The summed E-state index contributed by atoms with van der Waals surface area (Å²) in [5, 5.41) is 6.34. The van der Waals surface area contributed by atoms with Gasteiger partial charge < -0.3 is 20.3 Å². The Hall–Kier alpha value is -2.36. The van der Waals surface area contributed by atoms with Crippen LogP contribution in [0.25, 0.3) is 0 Å². The van der Waals surface area contributed by atoms with Crippen LogP contribution >= 0.6 is 11.8 Å². The quantitative estimate of drug-likeness (QED) is 0.336. The molecule has 6 atom stereocenters. The number of amides is 3. The van der Waals surface area contributed by atoms with Gasteiger partial charge in [-0.1, -0.05) is 50.8 Å². The van der Waals surface area contributed by atoms with Gasteiger partial charge in [0.15, 0.2) is 0 Å². The van der Waals surface area contributed by atoms with Crippen LogP contribution in [0.3, 0.4) is 0 Å². The Morgan fingerprint density at radius 3 is 2.66 bits per heavy atom. The number of thioether (sulfide) groups is 1. The fourth-order valence-corrected chi connectivity index (χ4v) is 8.47. The number of hydrogen-bond acceptors (Lipinski definition) is 6. The first-order valence-electron chi connectivity index (χ1n) is 15.6. The fraction of sp³-hybridized carbons (Fsp3) is 0.656. The molecule has 3 amide bonds. The average molecular weight is 581 g/mol. The van der Waals surface area contributed by atoms with Gasteiger partial charge in [-0.2, -0.15) is 0 Å². The molecule has 9 heteroatoms. The average Bonchev–Trinajstić information content (AvgIpc) is 3.64. The van der Waals surface area contributed by atoms with Gasteiger partial charge in [0, 0.05) is 35.8 Å². The number of fused-ring (bicyclic) bond motifs is 1. The number of carbonyl (C=O) groups is 3. The zero-order chi connectivity index (χ0) is 28.6. The molecule has 5 aliphatic rings. The second-order valence-corrected chi connectivity index (χ2v) is 13.3. The van der Waals surface area contributed by atoms with Crippen molar-refractivity contribution in [1.29, 1.82) is 0 Å². The van der Waals surface area contributed by atoms with Gasteiger partial charge in [-0.25, -0.2) is 0 Å². The first kappa shape index (κ1) is 28.7. The van der Waals surface area contributed by atoms with Crippen LogP contribution in [0.2, 0.25) is 0 Å². The Kier molecular flexibility index (Phi) is 8.48. The first-order chi connectivity index (χ1) is 19.9. The van der Waals surface area contributed by atoms with Crippen LogP contribution in [-0.2, 0) is 19.1 Å². The van der Waals surface area contributed by atoms with E-state index in [1.165, 1.54) is 19.3 Å². The van der Waals surface area contributed by atoms with Crippen molar-refractivity contribution < 1.29 is 19.1 Å². The number of benzene rings is 1. The lowest BCUT2D eigenvalue weighted by Crippen LogP contribution is -2.57. The smallest absolute Gasteiger partial charge is 0.246 e. The maximum Gasteiger partial charge on any atom is 0.246 e.